The number of aromatic nitrogens is 3. The summed E-state index contributed by atoms with van der Waals surface area (Å²) in [5.74, 6) is 1.11. The van der Waals surface area contributed by atoms with E-state index in [0.29, 0.717) is 28.0 Å². The SMILES string of the molecule is COc1cccc(NC(=O)CSc2nnc([C@@H](C)NC(=O)c3ccc(C)cc3)n2C)c1. The molecule has 1 atom stereocenters. The van der Waals surface area contributed by atoms with E-state index in [9.17, 15) is 9.59 Å². The number of methoxy groups -OCH3 is 1. The van der Waals surface area contributed by atoms with Gasteiger partial charge in [-0.15, -0.1) is 10.2 Å². The Morgan fingerprint density at radius 1 is 1.16 bits per heavy atom. The molecule has 0 saturated heterocycles. The zero-order valence-electron chi connectivity index (χ0n) is 17.9. The fourth-order valence-electron chi connectivity index (χ4n) is 2.91. The van der Waals surface area contributed by atoms with Crippen LogP contribution >= 0.6 is 11.8 Å². The van der Waals surface area contributed by atoms with Gasteiger partial charge in [-0.3, -0.25) is 9.59 Å². The maximum atomic E-state index is 12.5. The molecule has 3 rings (SSSR count). The number of carbonyl (C=O) groups is 2. The van der Waals surface area contributed by atoms with Crippen molar-refractivity contribution in [2.45, 2.75) is 25.0 Å². The van der Waals surface area contributed by atoms with Crippen molar-refractivity contribution in [3.63, 3.8) is 0 Å². The molecule has 2 aromatic carbocycles. The van der Waals surface area contributed by atoms with Crippen LogP contribution in [-0.2, 0) is 11.8 Å². The van der Waals surface area contributed by atoms with Crippen molar-refractivity contribution in [3.8, 4) is 5.75 Å². The number of rotatable bonds is 8. The Morgan fingerprint density at radius 3 is 2.61 bits per heavy atom. The number of hydrogen-bond acceptors (Lipinski definition) is 6. The van der Waals surface area contributed by atoms with Crippen LogP contribution < -0.4 is 15.4 Å². The van der Waals surface area contributed by atoms with Gasteiger partial charge in [0, 0.05) is 24.4 Å². The Kier molecular flexibility index (Phi) is 7.30. The van der Waals surface area contributed by atoms with Crippen molar-refractivity contribution < 1.29 is 14.3 Å². The van der Waals surface area contributed by atoms with Gasteiger partial charge in [0.25, 0.3) is 5.91 Å². The molecule has 0 unspecified atom stereocenters. The first-order valence-electron chi connectivity index (χ1n) is 9.71. The van der Waals surface area contributed by atoms with Crippen molar-refractivity contribution in [3.05, 3.63) is 65.5 Å². The minimum Gasteiger partial charge on any atom is -0.497 e. The molecule has 31 heavy (non-hydrogen) atoms. The quantitative estimate of drug-likeness (QED) is 0.523. The lowest BCUT2D eigenvalue weighted by molar-refractivity contribution is -0.113. The molecule has 162 valence electrons. The summed E-state index contributed by atoms with van der Waals surface area (Å²) in [6.45, 7) is 3.82. The van der Waals surface area contributed by atoms with Crippen molar-refractivity contribution in [2.75, 3.05) is 18.2 Å². The fraction of sp³-hybridized carbons (Fsp3) is 0.273. The largest absolute Gasteiger partial charge is 0.497 e. The lowest BCUT2D eigenvalue weighted by Crippen LogP contribution is -2.28. The second-order valence-electron chi connectivity index (χ2n) is 7.03. The summed E-state index contributed by atoms with van der Waals surface area (Å²) in [5, 5.41) is 14.7. The highest BCUT2D eigenvalue weighted by molar-refractivity contribution is 7.99. The summed E-state index contributed by atoms with van der Waals surface area (Å²) >= 11 is 1.27. The highest BCUT2D eigenvalue weighted by Crippen LogP contribution is 2.21. The number of anilines is 1. The van der Waals surface area contributed by atoms with E-state index < -0.39 is 0 Å². The van der Waals surface area contributed by atoms with Crippen LogP contribution in [0.3, 0.4) is 0 Å². The molecular formula is C22H25N5O3S. The van der Waals surface area contributed by atoms with Gasteiger partial charge in [-0.25, -0.2) is 0 Å². The fourth-order valence-corrected chi connectivity index (χ4v) is 3.62. The van der Waals surface area contributed by atoms with E-state index in [-0.39, 0.29) is 23.6 Å². The van der Waals surface area contributed by atoms with E-state index in [0.717, 1.165) is 5.56 Å². The molecule has 0 aliphatic rings. The summed E-state index contributed by atoms with van der Waals surface area (Å²) in [5.41, 5.74) is 2.34. The van der Waals surface area contributed by atoms with Crippen molar-refractivity contribution in [2.24, 2.45) is 7.05 Å². The number of nitrogens with one attached hydrogen (secondary N) is 2. The second-order valence-corrected chi connectivity index (χ2v) is 7.97. The van der Waals surface area contributed by atoms with Crippen LogP contribution in [0.5, 0.6) is 5.75 Å². The lowest BCUT2D eigenvalue weighted by atomic mass is 10.1. The number of nitrogens with zero attached hydrogens (tertiary/aromatic N) is 3. The molecule has 9 heteroatoms. The third-order valence-corrected chi connectivity index (χ3v) is 5.62. The predicted molar refractivity (Wildman–Crippen MR) is 120 cm³/mol. The molecule has 0 saturated carbocycles. The number of thioether (sulfide) groups is 1. The average Bonchev–Trinajstić information content (AvgIpc) is 3.13. The first kappa shape index (κ1) is 22.4. The molecule has 0 radical (unpaired) electrons. The molecule has 2 amide bonds. The van der Waals surface area contributed by atoms with Gasteiger partial charge in [0.2, 0.25) is 5.91 Å². The molecule has 3 aromatic rings. The van der Waals surface area contributed by atoms with Crippen LogP contribution in [0.4, 0.5) is 5.69 Å². The predicted octanol–water partition coefficient (Wildman–Crippen LogP) is 3.35. The Morgan fingerprint density at radius 2 is 1.90 bits per heavy atom. The van der Waals surface area contributed by atoms with E-state index in [1.54, 1.807) is 35.9 Å². The molecule has 0 aliphatic heterocycles. The van der Waals surface area contributed by atoms with Gasteiger partial charge in [0.05, 0.1) is 18.9 Å². The van der Waals surface area contributed by atoms with Crippen LogP contribution in [0.15, 0.2) is 53.7 Å². The zero-order chi connectivity index (χ0) is 22.4. The molecule has 8 nitrogen and oxygen atoms in total. The molecular weight excluding hydrogens is 414 g/mol. The lowest BCUT2D eigenvalue weighted by Gasteiger charge is -2.13. The molecule has 0 spiro atoms. The zero-order valence-corrected chi connectivity index (χ0v) is 18.7. The topological polar surface area (TPSA) is 98.1 Å². The monoisotopic (exact) mass is 439 g/mol. The Bertz CT molecular complexity index is 1070. The minimum absolute atomic E-state index is 0.163. The maximum absolute atomic E-state index is 12.5. The Hall–Kier alpha value is -3.33. The van der Waals surface area contributed by atoms with E-state index in [1.165, 1.54) is 11.8 Å². The standard InChI is InChI=1S/C22H25N5O3S/c1-14-8-10-16(11-9-14)21(29)23-15(2)20-25-26-22(27(20)3)31-13-19(28)24-17-6-5-7-18(12-17)30-4/h5-12,15H,13H2,1-4H3,(H,23,29)(H,24,28)/t15-/m1/s1. The number of amides is 2. The van der Waals surface area contributed by atoms with Gasteiger partial charge in [-0.1, -0.05) is 35.5 Å². The Balaban J connectivity index is 1.57. The Labute approximate surface area is 185 Å². The highest BCUT2D eigenvalue weighted by Gasteiger charge is 2.19. The highest BCUT2D eigenvalue weighted by atomic mass is 32.2. The van der Waals surface area contributed by atoms with E-state index in [2.05, 4.69) is 20.8 Å². The van der Waals surface area contributed by atoms with Crippen LogP contribution in [0.25, 0.3) is 0 Å². The van der Waals surface area contributed by atoms with Crippen molar-refractivity contribution in [1.82, 2.24) is 20.1 Å². The number of carbonyl (C=O) groups excluding carboxylic acids is 2. The molecule has 1 aromatic heterocycles. The van der Waals surface area contributed by atoms with E-state index in [1.807, 2.05) is 45.2 Å². The summed E-state index contributed by atoms with van der Waals surface area (Å²) in [4.78, 5) is 24.7. The maximum Gasteiger partial charge on any atom is 0.251 e. The third kappa shape index (κ3) is 5.85. The average molecular weight is 440 g/mol. The van der Waals surface area contributed by atoms with E-state index >= 15 is 0 Å². The van der Waals surface area contributed by atoms with Gasteiger partial charge < -0.3 is 19.9 Å². The third-order valence-electron chi connectivity index (χ3n) is 4.60. The van der Waals surface area contributed by atoms with Crippen molar-refractivity contribution in [1.29, 1.82) is 0 Å². The molecule has 1 heterocycles. The minimum atomic E-state index is -0.341. The number of hydrogen-bond donors (Lipinski definition) is 2. The van der Waals surface area contributed by atoms with Gasteiger partial charge in [-0.2, -0.15) is 0 Å². The molecule has 0 bridgehead atoms. The van der Waals surface area contributed by atoms with Gasteiger partial charge in [0.15, 0.2) is 11.0 Å². The van der Waals surface area contributed by atoms with Crippen LogP contribution in [0.1, 0.15) is 34.7 Å². The van der Waals surface area contributed by atoms with Crippen LogP contribution in [0.2, 0.25) is 0 Å². The van der Waals surface area contributed by atoms with Gasteiger partial charge in [-0.05, 0) is 38.1 Å². The van der Waals surface area contributed by atoms with Gasteiger partial charge >= 0.3 is 0 Å². The van der Waals surface area contributed by atoms with E-state index in [4.69, 9.17) is 4.74 Å². The van der Waals surface area contributed by atoms with Crippen LogP contribution in [0, 0.1) is 6.92 Å². The first-order chi connectivity index (χ1) is 14.9. The number of ether oxygens (including phenoxy) is 1. The molecule has 0 fully saturated rings. The molecule has 2 N–H and O–H groups in total. The first-order valence-corrected chi connectivity index (χ1v) is 10.7. The summed E-state index contributed by atoms with van der Waals surface area (Å²) < 4.78 is 6.94. The summed E-state index contributed by atoms with van der Waals surface area (Å²) in [6, 6.07) is 14.2. The summed E-state index contributed by atoms with van der Waals surface area (Å²) in [6.07, 6.45) is 0. The molecule has 0 aliphatic carbocycles. The van der Waals surface area contributed by atoms with Gasteiger partial charge in [0.1, 0.15) is 5.75 Å². The van der Waals surface area contributed by atoms with Crippen molar-refractivity contribution >= 4 is 29.3 Å². The summed E-state index contributed by atoms with van der Waals surface area (Å²) in [7, 11) is 3.39. The smallest absolute Gasteiger partial charge is 0.251 e. The second kappa shape index (κ2) is 10.1. The number of aryl methyl sites for hydroxylation is 1. The number of benzene rings is 2. The van der Waals surface area contributed by atoms with Crippen LogP contribution in [-0.4, -0.2) is 39.4 Å². The normalized spacial score (nSPS) is 11.6.